The highest BCUT2D eigenvalue weighted by Gasteiger charge is 2.12. The van der Waals surface area contributed by atoms with Crippen molar-refractivity contribution < 1.29 is 8.78 Å². The summed E-state index contributed by atoms with van der Waals surface area (Å²) in [6.07, 6.45) is 5.60. The average molecular weight is 253 g/mol. The van der Waals surface area contributed by atoms with Crippen molar-refractivity contribution in [2.24, 2.45) is 0 Å². The van der Waals surface area contributed by atoms with E-state index in [-0.39, 0.29) is 6.04 Å². The number of hydrogen-bond donors (Lipinski definition) is 1. The zero-order valence-electron chi connectivity index (χ0n) is 10.9. The predicted octanol–water partition coefficient (Wildman–Crippen LogP) is 4.36. The molecule has 0 heterocycles. The van der Waals surface area contributed by atoms with Crippen LogP contribution in [0.4, 0.5) is 8.78 Å². The van der Waals surface area contributed by atoms with Crippen LogP contribution in [0.5, 0.6) is 0 Å². The number of benzene rings is 1. The lowest BCUT2D eigenvalue weighted by Gasteiger charge is -2.19. The van der Waals surface area contributed by atoms with Gasteiger partial charge in [-0.25, -0.2) is 8.78 Å². The molecule has 0 aromatic heterocycles. The minimum atomic E-state index is -0.517. The molecule has 0 radical (unpaired) electrons. The third-order valence-electron chi connectivity index (χ3n) is 2.83. The van der Waals surface area contributed by atoms with Crippen molar-refractivity contribution in [3.05, 3.63) is 48.1 Å². The summed E-state index contributed by atoms with van der Waals surface area (Å²) < 4.78 is 26.4. The average Bonchev–Trinajstić information content (AvgIpc) is 2.32. The monoisotopic (exact) mass is 253 g/mol. The first-order chi connectivity index (χ1) is 8.67. The zero-order valence-corrected chi connectivity index (χ0v) is 10.9. The Labute approximate surface area is 108 Å². The van der Waals surface area contributed by atoms with Crippen LogP contribution in [0.1, 0.15) is 44.2 Å². The lowest BCUT2D eigenvalue weighted by molar-refractivity contribution is 0.478. The Bertz CT molecular complexity index is 357. The van der Waals surface area contributed by atoms with E-state index in [1.165, 1.54) is 12.1 Å². The summed E-state index contributed by atoms with van der Waals surface area (Å²) >= 11 is 0. The molecule has 1 nitrogen and oxygen atoms in total. The van der Waals surface area contributed by atoms with Crippen molar-refractivity contribution in [3.8, 4) is 0 Å². The van der Waals surface area contributed by atoms with E-state index in [4.69, 9.17) is 0 Å². The maximum absolute atomic E-state index is 13.2. The first kappa shape index (κ1) is 14.8. The summed E-state index contributed by atoms with van der Waals surface area (Å²) in [6, 6.07) is 3.73. The quantitative estimate of drug-likeness (QED) is 0.536. The lowest BCUT2D eigenvalue weighted by Crippen LogP contribution is -2.22. The molecular formula is C15H21F2N. The topological polar surface area (TPSA) is 12.0 Å². The number of allylic oxidation sites excluding steroid dienone is 1. The number of rotatable bonds is 8. The normalized spacial score (nSPS) is 12.4. The van der Waals surface area contributed by atoms with Crippen molar-refractivity contribution in [2.75, 3.05) is 6.54 Å². The van der Waals surface area contributed by atoms with Crippen LogP contribution in [0.15, 0.2) is 30.9 Å². The Morgan fingerprint density at radius 3 is 2.50 bits per heavy atom. The fraction of sp³-hybridized carbons (Fsp3) is 0.467. The van der Waals surface area contributed by atoms with E-state index in [0.29, 0.717) is 5.56 Å². The fourth-order valence-corrected chi connectivity index (χ4v) is 1.95. The van der Waals surface area contributed by atoms with Crippen LogP contribution in [0.3, 0.4) is 0 Å². The predicted molar refractivity (Wildman–Crippen MR) is 71.4 cm³/mol. The molecule has 0 bridgehead atoms. The molecule has 0 fully saturated rings. The van der Waals surface area contributed by atoms with Gasteiger partial charge < -0.3 is 5.32 Å². The first-order valence-corrected chi connectivity index (χ1v) is 6.47. The highest BCUT2D eigenvalue weighted by molar-refractivity contribution is 5.21. The summed E-state index contributed by atoms with van der Waals surface area (Å²) in [5, 5.41) is 3.33. The minimum Gasteiger partial charge on any atom is -0.310 e. The van der Waals surface area contributed by atoms with E-state index in [9.17, 15) is 8.78 Å². The molecular weight excluding hydrogens is 232 g/mol. The van der Waals surface area contributed by atoms with E-state index in [1.54, 1.807) is 0 Å². The molecule has 0 amide bonds. The van der Waals surface area contributed by atoms with Gasteiger partial charge in [0, 0.05) is 12.1 Å². The summed E-state index contributed by atoms with van der Waals surface area (Å²) in [6.45, 7) is 6.59. The molecule has 18 heavy (non-hydrogen) atoms. The maximum Gasteiger partial charge on any atom is 0.126 e. The molecule has 0 aliphatic heterocycles. The van der Waals surface area contributed by atoms with Gasteiger partial charge in [0.1, 0.15) is 11.6 Å². The van der Waals surface area contributed by atoms with E-state index >= 15 is 0 Å². The molecule has 1 atom stereocenters. The van der Waals surface area contributed by atoms with Crippen LogP contribution in [-0.2, 0) is 0 Å². The SMILES string of the molecule is C=CCCCC(NCCC)c1cc(F)cc(F)c1. The fourth-order valence-electron chi connectivity index (χ4n) is 1.95. The standard InChI is InChI=1S/C15H21F2N/c1-3-5-6-7-15(18-8-4-2)12-9-13(16)11-14(17)10-12/h3,9-11,15,18H,1,4-8H2,2H3. The number of nitrogens with one attached hydrogen (secondary N) is 1. The van der Waals surface area contributed by atoms with Gasteiger partial charge in [0.2, 0.25) is 0 Å². The largest absolute Gasteiger partial charge is 0.310 e. The van der Waals surface area contributed by atoms with Crippen LogP contribution in [0.2, 0.25) is 0 Å². The van der Waals surface area contributed by atoms with Crippen LogP contribution in [-0.4, -0.2) is 6.54 Å². The Hall–Kier alpha value is -1.22. The molecule has 3 heteroatoms. The summed E-state index contributed by atoms with van der Waals surface area (Å²) in [7, 11) is 0. The first-order valence-electron chi connectivity index (χ1n) is 6.47. The molecule has 0 aliphatic carbocycles. The number of hydrogen-bond acceptors (Lipinski definition) is 1. The van der Waals surface area contributed by atoms with E-state index in [1.807, 2.05) is 6.08 Å². The van der Waals surface area contributed by atoms with Gasteiger partial charge in [-0.3, -0.25) is 0 Å². The molecule has 0 aliphatic rings. The van der Waals surface area contributed by atoms with E-state index in [2.05, 4.69) is 18.8 Å². The van der Waals surface area contributed by atoms with Crippen LogP contribution >= 0.6 is 0 Å². The Kier molecular flexibility index (Phi) is 6.58. The number of unbranched alkanes of at least 4 members (excludes halogenated alkanes) is 1. The van der Waals surface area contributed by atoms with Gasteiger partial charge in [0.05, 0.1) is 0 Å². The Morgan fingerprint density at radius 1 is 1.28 bits per heavy atom. The molecule has 1 rings (SSSR count). The molecule has 1 aromatic rings. The summed E-state index contributed by atoms with van der Waals surface area (Å²) in [4.78, 5) is 0. The molecule has 100 valence electrons. The van der Waals surface area contributed by atoms with Crippen LogP contribution in [0, 0.1) is 11.6 Å². The maximum atomic E-state index is 13.2. The van der Waals surface area contributed by atoms with Gasteiger partial charge in [0.25, 0.3) is 0 Å². The second-order valence-electron chi connectivity index (χ2n) is 4.43. The van der Waals surface area contributed by atoms with Crippen molar-refractivity contribution in [1.82, 2.24) is 5.32 Å². The molecule has 0 saturated carbocycles. The highest BCUT2D eigenvalue weighted by Crippen LogP contribution is 2.21. The third-order valence-corrected chi connectivity index (χ3v) is 2.83. The van der Waals surface area contributed by atoms with E-state index in [0.717, 1.165) is 38.3 Å². The number of halogens is 2. The molecule has 0 spiro atoms. The van der Waals surface area contributed by atoms with Crippen molar-refractivity contribution in [3.63, 3.8) is 0 Å². The molecule has 1 N–H and O–H groups in total. The molecule has 1 unspecified atom stereocenters. The Balaban J connectivity index is 2.75. The van der Waals surface area contributed by atoms with Crippen molar-refractivity contribution >= 4 is 0 Å². The minimum absolute atomic E-state index is 0.00935. The highest BCUT2D eigenvalue weighted by atomic mass is 19.1. The molecule has 1 aromatic carbocycles. The smallest absolute Gasteiger partial charge is 0.126 e. The Morgan fingerprint density at radius 2 is 1.94 bits per heavy atom. The van der Waals surface area contributed by atoms with Crippen LogP contribution < -0.4 is 5.32 Å². The van der Waals surface area contributed by atoms with E-state index < -0.39 is 11.6 Å². The third kappa shape index (κ3) is 4.96. The van der Waals surface area contributed by atoms with Gasteiger partial charge in [-0.15, -0.1) is 6.58 Å². The molecule has 0 saturated heterocycles. The summed E-state index contributed by atoms with van der Waals surface area (Å²) in [5.74, 6) is -1.03. The second kappa shape index (κ2) is 7.98. The zero-order chi connectivity index (χ0) is 13.4. The van der Waals surface area contributed by atoms with Gasteiger partial charge in [-0.1, -0.05) is 13.0 Å². The van der Waals surface area contributed by atoms with Gasteiger partial charge in [0.15, 0.2) is 0 Å². The van der Waals surface area contributed by atoms with Crippen molar-refractivity contribution in [1.29, 1.82) is 0 Å². The van der Waals surface area contributed by atoms with Crippen LogP contribution in [0.25, 0.3) is 0 Å². The second-order valence-corrected chi connectivity index (χ2v) is 4.43. The summed E-state index contributed by atoms with van der Waals surface area (Å²) in [5.41, 5.74) is 0.685. The van der Waals surface area contributed by atoms with Gasteiger partial charge in [-0.2, -0.15) is 0 Å². The lowest BCUT2D eigenvalue weighted by atomic mass is 10.0. The van der Waals surface area contributed by atoms with Gasteiger partial charge in [-0.05, 0) is 49.9 Å². The van der Waals surface area contributed by atoms with Gasteiger partial charge >= 0.3 is 0 Å². The van der Waals surface area contributed by atoms with Crippen molar-refractivity contribution in [2.45, 2.75) is 38.6 Å².